The molecular weight excluding hydrogens is 318 g/mol. The minimum Gasteiger partial charge on any atom is -0.496 e. The number of urea groups is 1. The molecule has 1 aromatic carbocycles. The second kappa shape index (κ2) is 9.08. The highest BCUT2D eigenvalue weighted by atomic mass is 16.5. The van der Waals surface area contributed by atoms with Crippen LogP contribution in [0.2, 0.25) is 0 Å². The van der Waals surface area contributed by atoms with Crippen molar-refractivity contribution < 1.29 is 9.53 Å². The van der Waals surface area contributed by atoms with Gasteiger partial charge in [-0.3, -0.25) is 0 Å². The molecule has 7 heteroatoms. The number of para-hydroxylation sites is 1. The molecule has 2 aromatic rings. The van der Waals surface area contributed by atoms with Crippen molar-refractivity contribution in [2.45, 2.75) is 25.6 Å². The van der Waals surface area contributed by atoms with Gasteiger partial charge in [0.1, 0.15) is 5.75 Å². The maximum atomic E-state index is 12.2. The number of nitrogens with zero attached hydrogens (tertiary/aromatic N) is 3. The molecule has 2 rings (SSSR count). The van der Waals surface area contributed by atoms with Crippen molar-refractivity contribution in [3.05, 3.63) is 48.5 Å². The number of carbonyl (C=O) groups excluding carboxylic acids is 1. The molecular formula is C18H27N5O2. The van der Waals surface area contributed by atoms with Gasteiger partial charge in [0.2, 0.25) is 0 Å². The molecule has 7 nitrogen and oxygen atoms in total. The smallest absolute Gasteiger partial charge is 0.315 e. The monoisotopic (exact) mass is 345 g/mol. The molecule has 0 aliphatic heterocycles. The van der Waals surface area contributed by atoms with Crippen LogP contribution in [0.15, 0.2) is 43.0 Å². The molecule has 1 aromatic heterocycles. The summed E-state index contributed by atoms with van der Waals surface area (Å²) in [6.07, 6.45) is 5.33. The van der Waals surface area contributed by atoms with Crippen LogP contribution >= 0.6 is 0 Å². The molecule has 1 heterocycles. The fourth-order valence-corrected chi connectivity index (χ4v) is 2.73. The van der Waals surface area contributed by atoms with Gasteiger partial charge in [-0.15, -0.1) is 0 Å². The zero-order valence-corrected chi connectivity index (χ0v) is 15.3. The number of rotatable bonds is 8. The predicted octanol–water partition coefficient (Wildman–Crippen LogP) is 1.88. The lowest BCUT2D eigenvalue weighted by molar-refractivity contribution is 0.228. The molecule has 0 bridgehead atoms. The number of amides is 2. The van der Waals surface area contributed by atoms with E-state index in [-0.39, 0.29) is 18.1 Å². The number of likely N-dealkylation sites (N-methyl/N-ethyl adjacent to an activating group) is 1. The van der Waals surface area contributed by atoms with Crippen LogP contribution in [0.5, 0.6) is 5.75 Å². The van der Waals surface area contributed by atoms with Crippen molar-refractivity contribution in [1.29, 1.82) is 0 Å². The average Bonchev–Trinajstić information content (AvgIpc) is 3.07. The molecule has 0 saturated heterocycles. The van der Waals surface area contributed by atoms with E-state index in [0.29, 0.717) is 13.1 Å². The number of ether oxygens (including phenoxy) is 1. The Labute approximate surface area is 149 Å². The summed E-state index contributed by atoms with van der Waals surface area (Å²) in [5.41, 5.74) is 1.04. The number of aromatic nitrogens is 2. The van der Waals surface area contributed by atoms with Crippen LogP contribution < -0.4 is 15.4 Å². The molecule has 0 aliphatic carbocycles. The van der Waals surface area contributed by atoms with Gasteiger partial charge in [0, 0.05) is 37.1 Å². The van der Waals surface area contributed by atoms with Gasteiger partial charge in [0.25, 0.3) is 0 Å². The molecule has 2 atom stereocenters. The van der Waals surface area contributed by atoms with E-state index in [4.69, 9.17) is 4.74 Å². The highest BCUT2D eigenvalue weighted by Gasteiger charge is 2.19. The molecule has 0 fully saturated rings. The van der Waals surface area contributed by atoms with Crippen molar-refractivity contribution in [3.63, 3.8) is 0 Å². The van der Waals surface area contributed by atoms with E-state index in [1.807, 2.05) is 56.0 Å². The van der Waals surface area contributed by atoms with Crippen molar-refractivity contribution in [2.24, 2.45) is 0 Å². The molecule has 25 heavy (non-hydrogen) atoms. The standard InChI is InChI=1S/C18H27N5O2/c1-14(12-23-10-9-19-13-23)21-18(24)20-11-16(22(2)3)15-7-5-6-8-17(15)25-4/h5-10,13-14,16H,11-12H2,1-4H3,(H2,20,21,24). The van der Waals surface area contributed by atoms with Crippen LogP contribution in [0.1, 0.15) is 18.5 Å². The number of hydrogen-bond acceptors (Lipinski definition) is 4. The van der Waals surface area contributed by atoms with E-state index in [1.165, 1.54) is 0 Å². The molecule has 0 radical (unpaired) electrons. The first kappa shape index (κ1) is 18.8. The van der Waals surface area contributed by atoms with Gasteiger partial charge in [-0.2, -0.15) is 0 Å². The average molecular weight is 345 g/mol. The highest BCUT2D eigenvalue weighted by Crippen LogP contribution is 2.27. The van der Waals surface area contributed by atoms with Gasteiger partial charge in [0.05, 0.1) is 19.5 Å². The van der Waals surface area contributed by atoms with Gasteiger partial charge in [-0.25, -0.2) is 9.78 Å². The highest BCUT2D eigenvalue weighted by molar-refractivity contribution is 5.74. The van der Waals surface area contributed by atoms with Gasteiger partial charge in [-0.1, -0.05) is 18.2 Å². The Morgan fingerprint density at radius 1 is 1.36 bits per heavy atom. The second-order valence-corrected chi connectivity index (χ2v) is 6.24. The van der Waals surface area contributed by atoms with E-state index < -0.39 is 0 Å². The largest absolute Gasteiger partial charge is 0.496 e. The lowest BCUT2D eigenvalue weighted by Crippen LogP contribution is -2.45. The van der Waals surface area contributed by atoms with Crippen LogP contribution in [0.25, 0.3) is 0 Å². The topological polar surface area (TPSA) is 71.4 Å². The SMILES string of the molecule is COc1ccccc1C(CNC(=O)NC(C)Cn1ccnc1)N(C)C. The van der Waals surface area contributed by atoms with Gasteiger partial charge in [-0.05, 0) is 27.1 Å². The maximum absolute atomic E-state index is 12.2. The summed E-state index contributed by atoms with van der Waals surface area (Å²) in [6.45, 7) is 3.12. The van der Waals surface area contributed by atoms with Gasteiger partial charge < -0.3 is 24.8 Å². The minimum absolute atomic E-state index is 0.00160. The zero-order chi connectivity index (χ0) is 18.2. The third-order valence-electron chi connectivity index (χ3n) is 4.00. The summed E-state index contributed by atoms with van der Waals surface area (Å²) in [6, 6.07) is 7.69. The summed E-state index contributed by atoms with van der Waals surface area (Å²) in [5.74, 6) is 0.817. The van der Waals surface area contributed by atoms with Crippen LogP contribution in [0, 0.1) is 0 Å². The van der Waals surface area contributed by atoms with E-state index in [1.54, 1.807) is 19.6 Å². The predicted molar refractivity (Wildman–Crippen MR) is 97.6 cm³/mol. The number of imidazole rings is 1. The molecule has 136 valence electrons. The molecule has 2 N–H and O–H groups in total. The number of carbonyl (C=O) groups is 1. The molecule has 0 spiro atoms. The van der Waals surface area contributed by atoms with E-state index >= 15 is 0 Å². The zero-order valence-electron chi connectivity index (χ0n) is 15.3. The maximum Gasteiger partial charge on any atom is 0.315 e. The summed E-state index contributed by atoms with van der Waals surface area (Å²) < 4.78 is 7.38. The molecule has 2 amide bonds. The first-order valence-corrected chi connectivity index (χ1v) is 8.30. The van der Waals surface area contributed by atoms with Crippen molar-refractivity contribution in [2.75, 3.05) is 27.7 Å². The first-order valence-electron chi connectivity index (χ1n) is 8.30. The van der Waals surface area contributed by atoms with E-state index in [2.05, 4.69) is 20.5 Å². The number of methoxy groups -OCH3 is 1. The summed E-state index contributed by atoms with van der Waals surface area (Å²) >= 11 is 0. The number of hydrogen-bond donors (Lipinski definition) is 2. The van der Waals surface area contributed by atoms with Crippen molar-refractivity contribution in [1.82, 2.24) is 25.1 Å². The van der Waals surface area contributed by atoms with E-state index in [0.717, 1.165) is 11.3 Å². The van der Waals surface area contributed by atoms with Crippen LogP contribution in [0.3, 0.4) is 0 Å². The Balaban J connectivity index is 1.91. The van der Waals surface area contributed by atoms with Crippen molar-refractivity contribution >= 4 is 6.03 Å². The Morgan fingerprint density at radius 2 is 2.12 bits per heavy atom. The Kier molecular flexibility index (Phi) is 6.82. The fourth-order valence-electron chi connectivity index (χ4n) is 2.73. The summed E-state index contributed by atoms with van der Waals surface area (Å²) in [4.78, 5) is 18.3. The summed E-state index contributed by atoms with van der Waals surface area (Å²) in [7, 11) is 5.63. The lowest BCUT2D eigenvalue weighted by atomic mass is 10.0. The molecule has 0 saturated carbocycles. The Morgan fingerprint density at radius 3 is 2.76 bits per heavy atom. The van der Waals surface area contributed by atoms with Gasteiger partial charge >= 0.3 is 6.03 Å². The quantitative estimate of drug-likeness (QED) is 0.766. The third kappa shape index (κ3) is 5.49. The fraction of sp³-hybridized carbons (Fsp3) is 0.444. The van der Waals surface area contributed by atoms with Crippen LogP contribution in [-0.4, -0.2) is 54.3 Å². The third-order valence-corrected chi connectivity index (χ3v) is 4.00. The van der Waals surface area contributed by atoms with E-state index in [9.17, 15) is 4.79 Å². The normalized spacial score (nSPS) is 13.3. The van der Waals surface area contributed by atoms with Gasteiger partial charge in [0.15, 0.2) is 0 Å². The summed E-state index contributed by atoms with van der Waals surface area (Å²) in [5, 5.41) is 5.90. The lowest BCUT2D eigenvalue weighted by Gasteiger charge is -2.27. The van der Waals surface area contributed by atoms with Crippen molar-refractivity contribution in [3.8, 4) is 5.75 Å². The number of benzene rings is 1. The second-order valence-electron chi connectivity index (χ2n) is 6.24. The molecule has 2 unspecified atom stereocenters. The minimum atomic E-state index is -0.186. The first-order chi connectivity index (χ1) is 12.0. The van der Waals surface area contributed by atoms with Crippen LogP contribution in [-0.2, 0) is 6.54 Å². The Bertz CT molecular complexity index is 657. The Hall–Kier alpha value is -2.54. The number of nitrogens with one attached hydrogen (secondary N) is 2. The molecule has 0 aliphatic rings. The van der Waals surface area contributed by atoms with Crippen LogP contribution in [0.4, 0.5) is 4.79 Å².